The second-order valence-corrected chi connectivity index (χ2v) is 4.11. The van der Waals surface area contributed by atoms with Crippen LogP contribution in [0.15, 0.2) is 0 Å². The Hall–Kier alpha value is 0.719. The minimum atomic E-state index is -0.833. The SMILES string of the molecule is CC(=O)O.CC(=O)O.CC(=O)O.CC(=O)O.CC(=O)O.CC(=O)O.CC(C)=O.O.O=[C-]O.[CH3-].[CH3-].[CH3-].[CH3-].[Ca+2].[Ca+2].[Ca+2].[OH-].[O]=[Ca]. The maximum absolute atomic E-state index is 9.44. The topological polar surface area (TPSA) is 357 Å². The van der Waals surface area contributed by atoms with Crippen LogP contribution in [0.1, 0.15) is 55.4 Å². The van der Waals surface area contributed by atoms with Gasteiger partial charge in [0.25, 0.3) is 35.8 Å². The normalized spacial score (nSPS) is 4.62. The van der Waals surface area contributed by atoms with Gasteiger partial charge in [0.15, 0.2) is 0 Å². The molecule has 0 atom stereocenters. The number of carboxylic acids is 6. The molecule has 0 heterocycles. The number of carbonyl (C=O) groups excluding carboxylic acids is 1. The molecule has 0 saturated heterocycles. The second kappa shape index (κ2) is 134. The molecular formula is C20H46Ca4O18. The van der Waals surface area contributed by atoms with Crippen LogP contribution in [0, 0.1) is 29.7 Å². The summed E-state index contributed by atoms with van der Waals surface area (Å²) in [5.41, 5.74) is 0. The molecule has 0 bridgehead atoms. The third-order valence-electron chi connectivity index (χ3n) is 0. The molecule has 22 heteroatoms. The van der Waals surface area contributed by atoms with E-state index in [4.69, 9.17) is 70.7 Å². The molecule has 0 unspecified atom stereocenters. The summed E-state index contributed by atoms with van der Waals surface area (Å²) in [6.45, 7) is 10.1. The van der Waals surface area contributed by atoms with Gasteiger partial charge in [0.2, 0.25) is 0 Å². The van der Waals surface area contributed by atoms with Crippen LogP contribution in [0.3, 0.4) is 0 Å². The minimum absolute atomic E-state index is 0. The Morgan fingerprint density at radius 2 is 0.452 bits per heavy atom. The molecule has 242 valence electrons. The van der Waals surface area contributed by atoms with Gasteiger partial charge < -0.3 is 86.0 Å². The van der Waals surface area contributed by atoms with E-state index in [9.17, 15) is 4.79 Å². The van der Waals surface area contributed by atoms with Crippen molar-refractivity contribution in [1.82, 2.24) is 0 Å². The van der Waals surface area contributed by atoms with E-state index in [-0.39, 0.29) is 196 Å². The van der Waals surface area contributed by atoms with Crippen LogP contribution in [0.2, 0.25) is 0 Å². The Bertz CT molecular complexity index is 389. The van der Waals surface area contributed by atoms with Crippen LogP contribution in [-0.4, -0.2) is 244 Å². The van der Waals surface area contributed by atoms with Gasteiger partial charge in [-0.05, 0) is 13.8 Å². The van der Waals surface area contributed by atoms with Gasteiger partial charge in [-0.15, -0.1) is 0 Å². The number of aliphatic hydroxyl groups excluding tert-OH is 1. The average molecular weight is 735 g/mol. The molecule has 0 aliphatic heterocycles. The predicted octanol–water partition coefficient (Wildman–Crippen LogP) is -0.0900. The molecule has 0 aromatic rings. The Morgan fingerprint density at radius 3 is 0.452 bits per heavy atom. The van der Waals surface area contributed by atoms with Crippen molar-refractivity contribution < 1.29 is 86.5 Å². The maximum atomic E-state index is 9.44. The van der Waals surface area contributed by atoms with Gasteiger partial charge in [-0.3, -0.25) is 28.8 Å². The van der Waals surface area contributed by atoms with Crippen molar-refractivity contribution in [3.63, 3.8) is 0 Å². The number of rotatable bonds is 0. The summed E-state index contributed by atoms with van der Waals surface area (Å²) in [7, 11) is 0. The van der Waals surface area contributed by atoms with Crippen molar-refractivity contribution in [3.8, 4) is 0 Å². The van der Waals surface area contributed by atoms with Crippen molar-refractivity contribution in [2.24, 2.45) is 0 Å². The molecule has 10 N–H and O–H groups in total. The zero-order chi connectivity index (χ0) is 29.7. The molecule has 0 aromatic heterocycles. The molecule has 0 saturated carbocycles. The summed E-state index contributed by atoms with van der Waals surface area (Å²) in [6, 6.07) is 0. The van der Waals surface area contributed by atoms with E-state index < -0.39 is 35.8 Å². The standard InChI is InChI=1S/C3H6O.6C2H4O2.CHO2.4CH3.4Ca.2H2O.O/c1-3(2)4;6*1-2(3)4;2-1-3;;;;;;;;;;;/h1-2H3;6*1H3,(H,3,4);(H,2,3);4*1H3;;;;;2*1H2;/q;;;;;;;5*-1;;3*+2;;;/p-1. The number of aliphatic carboxylic acids is 6. The van der Waals surface area contributed by atoms with Crippen molar-refractivity contribution in [3.05, 3.63) is 29.7 Å². The molecule has 0 spiro atoms. The summed E-state index contributed by atoms with van der Waals surface area (Å²) in [4.78, 5) is 71.7. The van der Waals surface area contributed by atoms with E-state index in [2.05, 4.69) is 0 Å². The van der Waals surface area contributed by atoms with Crippen molar-refractivity contribution in [2.45, 2.75) is 55.4 Å². The summed E-state index contributed by atoms with van der Waals surface area (Å²) in [5.74, 6) is -4.83. The van der Waals surface area contributed by atoms with Crippen LogP contribution in [0.25, 0.3) is 0 Å². The fraction of sp³-hybridized carbons (Fsp3) is 0.400. The quantitative estimate of drug-likeness (QED) is 0.126. The third-order valence-corrected chi connectivity index (χ3v) is 0. The van der Waals surface area contributed by atoms with Gasteiger partial charge in [0, 0.05) is 41.5 Å². The van der Waals surface area contributed by atoms with Gasteiger partial charge in [-0.1, -0.05) is 6.47 Å². The van der Waals surface area contributed by atoms with Crippen LogP contribution < -0.4 is 0 Å². The van der Waals surface area contributed by atoms with E-state index >= 15 is 0 Å². The monoisotopic (exact) mass is 734 g/mol. The van der Waals surface area contributed by atoms with Crippen LogP contribution in [0.4, 0.5) is 0 Å². The number of hydrogen-bond donors (Lipinski definition) is 7. The molecule has 0 aliphatic rings. The van der Waals surface area contributed by atoms with Crippen LogP contribution >= 0.6 is 0 Å². The first-order valence-electron chi connectivity index (χ1n) is 7.49. The molecular weight excluding hydrogens is 689 g/mol. The Kier molecular flexibility index (Phi) is 388. The number of Topliss-reactive ketones (excluding diaryl/α,β-unsaturated/α-hetero) is 1. The van der Waals surface area contributed by atoms with Gasteiger partial charge in [-0.25, -0.2) is 0 Å². The first-order chi connectivity index (χ1) is 14.5. The number of ketones is 1. The Labute approximate surface area is 363 Å². The van der Waals surface area contributed by atoms with E-state index in [1.54, 1.807) is 0 Å². The fourth-order valence-corrected chi connectivity index (χ4v) is 0. The van der Waals surface area contributed by atoms with Crippen molar-refractivity contribution >= 4 is 197 Å². The summed E-state index contributed by atoms with van der Waals surface area (Å²) in [6.07, 6.45) is 0. The van der Waals surface area contributed by atoms with Crippen LogP contribution in [0.5, 0.6) is 0 Å². The van der Waals surface area contributed by atoms with Crippen LogP contribution in [-0.2, 0) is 39.8 Å². The summed E-state index contributed by atoms with van der Waals surface area (Å²) in [5, 5.41) is 51.3. The van der Waals surface area contributed by atoms with E-state index in [1.165, 1.54) is 13.8 Å². The number of hydrogen-bond acceptors (Lipinski definition) is 10. The second-order valence-electron chi connectivity index (χ2n) is 4.11. The Balaban J connectivity index is -0.00000000943. The first kappa shape index (κ1) is 122. The molecule has 0 aromatic carbocycles. The van der Waals surface area contributed by atoms with E-state index in [0.717, 1.165) is 41.5 Å². The molecule has 18 nitrogen and oxygen atoms in total. The molecule has 0 fully saturated rings. The number of carbonyl (C=O) groups is 7. The molecule has 0 rings (SSSR count). The predicted molar refractivity (Wildman–Crippen MR) is 159 cm³/mol. The number of carboxylic acid groups (broad SMARTS) is 6. The van der Waals surface area contributed by atoms with Crippen molar-refractivity contribution in [2.75, 3.05) is 0 Å². The molecule has 0 radical (unpaired) electrons. The van der Waals surface area contributed by atoms with E-state index in [1.807, 2.05) is 0 Å². The van der Waals surface area contributed by atoms with Gasteiger partial charge in [0.05, 0.1) is 0 Å². The molecule has 0 aliphatic carbocycles. The Morgan fingerprint density at radius 1 is 0.452 bits per heavy atom. The third kappa shape index (κ3) is 124000. The molecule has 0 amide bonds. The zero-order valence-electron chi connectivity index (χ0n) is 26.6. The summed E-state index contributed by atoms with van der Waals surface area (Å²) < 4.78 is 8.38. The summed E-state index contributed by atoms with van der Waals surface area (Å²) >= 11 is 0.125. The zero-order valence-corrected chi connectivity index (χ0v) is 35.4. The fourth-order valence-electron chi connectivity index (χ4n) is 0. The van der Waals surface area contributed by atoms with Gasteiger partial charge in [0.1, 0.15) is 5.78 Å². The van der Waals surface area contributed by atoms with Crippen molar-refractivity contribution in [1.29, 1.82) is 0 Å². The molecule has 42 heavy (non-hydrogen) atoms. The van der Waals surface area contributed by atoms with E-state index in [0.29, 0.717) is 6.47 Å². The van der Waals surface area contributed by atoms with Gasteiger partial charge >= 0.3 is 151 Å². The van der Waals surface area contributed by atoms with Gasteiger partial charge in [-0.2, -0.15) is 0 Å². The average Bonchev–Trinajstić information content (AvgIpc) is 2.45. The first-order valence-corrected chi connectivity index (χ1v) is 8.39.